The van der Waals surface area contributed by atoms with Gasteiger partial charge in [0.1, 0.15) is 11.7 Å². The quantitative estimate of drug-likeness (QED) is 0.693. The van der Waals surface area contributed by atoms with Gasteiger partial charge in [0.15, 0.2) is 0 Å². The van der Waals surface area contributed by atoms with Crippen LogP contribution in [0.3, 0.4) is 0 Å². The lowest BCUT2D eigenvalue weighted by Gasteiger charge is -2.21. The van der Waals surface area contributed by atoms with E-state index in [9.17, 15) is 4.79 Å². The number of likely N-dealkylation sites (tertiary alicyclic amines) is 1. The Morgan fingerprint density at radius 2 is 1.93 bits per heavy atom. The van der Waals surface area contributed by atoms with Crippen LogP contribution in [0, 0.1) is 0 Å². The van der Waals surface area contributed by atoms with E-state index in [-0.39, 0.29) is 17.4 Å². The lowest BCUT2D eigenvalue weighted by molar-refractivity contribution is 0.0704. The molecule has 7 heteroatoms. The molecule has 0 aliphatic carbocycles. The first-order valence-corrected chi connectivity index (χ1v) is 9.59. The van der Waals surface area contributed by atoms with Gasteiger partial charge >= 0.3 is 0 Å². The molecule has 0 radical (unpaired) electrons. The van der Waals surface area contributed by atoms with Gasteiger partial charge in [-0.15, -0.1) is 10.2 Å². The van der Waals surface area contributed by atoms with E-state index in [1.54, 1.807) is 4.68 Å². The van der Waals surface area contributed by atoms with Gasteiger partial charge in [0.05, 0.1) is 5.69 Å². The SMILES string of the molecule is Cn1nc(C(C)(C)C)cc1C(=O)N1CCCC1c1nnc(-c2ccccc2)o1. The Kier molecular flexibility index (Phi) is 4.53. The van der Waals surface area contributed by atoms with Crippen molar-refractivity contribution in [2.24, 2.45) is 7.05 Å². The van der Waals surface area contributed by atoms with E-state index in [0.29, 0.717) is 24.0 Å². The molecule has 1 aromatic carbocycles. The molecule has 1 unspecified atom stereocenters. The first-order chi connectivity index (χ1) is 13.3. The van der Waals surface area contributed by atoms with Gasteiger partial charge in [-0.2, -0.15) is 5.10 Å². The minimum atomic E-state index is -0.203. The molecule has 1 amide bonds. The minimum absolute atomic E-state index is 0.0486. The zero-order valence-corrected chi connectivity index (χ0v) is 16.7. The van der Waals surface area contributed by atoms with Crippen molar-refractivity contribution in [2.75, 3.05) is 6.54 Å². The van der Waals surface area contributed by atoms with E-state index >= 15 is 0 Å². The van der Waals surface area contributed by atoms with E-state index in [1.165, 1.54) is 0 Å². The maximum Gasteiger partial charge on any atom is 0.272 e. The Bertz CT molecular complexity index is 984. The van der Waals surface area contributed by atoms with Crippen LogP contribution in [-0.4, -0.2) is 37.3 Å². The van der Waals surface area contributed by atoms with Crippen molar-refractivity contribution in [1.29, 1.82) is 0 Å². The Labute approximate surface area is 164 Å². The van der Waals surface area contributed by atoms with Crippen molar-refractivity contribution in [1.82, 2.24) is 24.9 Å². The molecule has 1 aliphatic rings. The number of carbonyl (C=O) groups excluding carboxylic acids is 1. The van der Waals surface area contributed by atoms with Crippen molar-refractivity contribution in [3.05, 3.63) is 53.7 Å². The minimum Gasteiger partial charge on any atom is -0.418 e. The Hall–Kier alpha value is -2.96. The highest BCUT2D eigenvalue weighted by molar-refractivity contribution is 5.93. The van der Waals surface area contributed by atoms with Crippen LogP contribution in [-0.2, 0) is 12.5 Å². The maximum absolute atomic E-state index is 13.2. The number of nitrogens with zero attached hydrogens (tertiary/aromatic N) is 5. The van der Waals surface area contributed by atoms with E-state index in [4.69, 9.17) is 4.42 Å². The molecule has 1 atom stereocenters. The summed E-state index contributed by atoms with van der Waals surface area (Å²) < 4.78 is 7.59. The number of amides is 1. The van der Waals surface area contributed by atoms with Crippen LogP contribution >= 0.6 is 0 Å². The topological polar surface area (TPSA) is 77.1 Å². The zero-order valence-electron chi connectivity index (χ0n) is 16.7. The number of aryl methyl sites for hydroxylation is 1. The van der Waals surface area contributed by atoms with Crippen molar-refractivity contribution >= 4 is 5.91 Å². The van der Waals surface area contributed by atoms with Crippen LogP contribution in [0.15, 0.2) is 40.8 Å². The van der Waals surface area contributed by atoms with Gasteiger partial charge in [0.2, 0.25) is 11.8 Å². The van der Waals surface area contributed by atoms with Crippen molar-refractivity contribution in [2.45, 2.75) is 45.1 Å². The molecule has 3 aromatic rings. The van der Waals surface area contributed by atoms with Crippen LogP contribution in [0.25, 0.3) is 11.5 Å². The molecule has 1 fully saturated rings. The van der Waals surface area contributed by atoms with E-state index in [1.807, 2.05) is 48.3 Å². The first-order valence-electron chi connectivity index (χ1n) is 9.59. The molecule has 0 bridgehead atoms. The second kappa shape index (κ2) is 6.89. The standard InChI is InChI=1S/C21H25N5O2/c1-21(2,3)17-13-16(25(4)24-17)20(27)26-12-8-11-15(26)19-23-22-18(28-19)14-9-6-5-7-10-14/h5-7,9-10,13,15H,8,11-12H2,1-4H3. The summed E-state index contributed by atoms with van der Waals surface area (Å²) in [7, 11) is 1.81. The fourth-order valence-corrected chi connectivity index (χ4v) is 3.51. The van der Waals surface area contributed by atoms with Crippen molar-refractivity contribution < 1.29 is 9.21 Å². The Balaban J connectivity index is 1.60. The zero-order chi connectivity index (χ0) is 19.9. The molecule has 3 heterocycles. The summed E-state index contributed by atoms with van der Waals surface area (Å²) in [6, 6.07) is 11.3. The van der Waals surface area contributed by atoms with E-state index in [0.717, 1.165) is 24.1 Å². The largest absolute Gasteiger partial charge is 0.418 e. The molecular formula is C21H25N5O2. The molecule has 7 nitrogen and oxygen atoms in total. The van der Waals surface area contributed by atoms with E-state index < -0.39 is 0 Å². The van der Waals surface area contributed by atoms with Gasteiger partial charge in [-0.3, -0.25) is 9.48 Å². The molecule has 1 aliphatic heterocycles. The third-order valence-electron chi connectivity index (χ3n) is 5.13. The molecule has 28 heavy (non-hydrogen) atoms. The molecule has 146 valence electrons. The number of benzene rings is 1. The second-order valence-corrected chi connectivity index (χ2v) is 8.26. The highest BCUT2D eigenvalue weighted by atomic mass is 16.4. The lowest BCUT2D eigenvalue weighted by Crippen LogP contribution is -2.32. The maximum atomic E-state index is 13.2. The summed E-state index contributed by atoms with van der Waals surface area (Å²) in [5.41, 5.74) is 2.24. The Morgan fingerprint density at radius 1 is 1.18 bits per heavy atom. The van der Waals surface area contributed by atoms with Gasteiger partial charge < -0.3 is 9.32 Å². The van der Waals surface area contributed by atoms with Gasteiger partial charge in [-0.05, 0) is 31.0 Å². The van der Waals surface area contributed by atoms with Gasteiger partial charge in [0.25, 0.3) is 5.91 Å². The monoisotopic (exact) mass is 379 g/mol. The number of rotatable bonds is 3. The summed E-state index contributed by atoms with van der Waals surface area (Å²) >= 11 is 0. The number of hydrogen-bond acceptors (Lipinski definition) is 5. The van der Waals surface area contributed by atoms with Crippen LogP contribution in [0.5, 0.6) is 0 Å². The number of aromatic nitrogens is 4. The molecule has 0 spiro atoms. The summed E-state index contributed by atoms with van der Waals surface area (Å²) in [6.45, 7) is 6.94. The second-order valence-electron chi connectivity index (χ2n) is 8.26. The molecular weight excluding hydrogens is 354 g/mol. The van der Waals surface area contributed by atoms with Gasteiger partial charge in [-0.25, -0.2) is 0 Å². The van der Waals surface area contributed by atoms with Crippen LogP contribution in [0.4, 0.5) is 0 Å². The fraction of sp³-hybridized carbons (Fsp3) is 0.429. The van der Waals surface area contributed by atoms with Crippen LogP contribution in [0.1, 0.15) is 61.7 Å². The van der Waals surface area contributed by atoms with Crippen LogP contribution in [0.2, 0.25) is 0 Å². The average molecular weight is 379 g/mol. The summed E-state index contributed by atoms with van der Waals surface area (Å²) in [5.74, 6) is 0.917. The Morgan fingerprint density at radius 3 is 2.61 bits per heavy atom. The van der Waals surface area contributed by atoms with Gasteiger partial charge in [0, 0.05) is 24.6 Å². The summed E-state index contributed by atoms with van der Waals surface area (Å²) in [6.07, 6.45) is 1.72. The van der Waals surface area contributed by atoms with Crippen molar-refractivity contribution in [3.8, 4) is 11.5 Å². The third-order valence-corrected chi connectivity index (χ3v) is 5.13. The number of carbonyl (C=O) groups is 1. The van der Waals surface area contributed by atoms with Gasteiger partial charge in [-0.1, -0.05) is 39.0 Å². The third kappa shape index (κ3) is 3.32. The highest BCUT2D eigenvalue weighted by Gasteiger charge is 2.36. The molecule has 0 saturated carbocycles. The van der Waals surface area contributed by atoms with Crippen molar-refractivity contribution in [3.63, 3.8) is 0 Å². The predicted octanol–water partition coefficient (Wildman–Crippen LogP) is 3.74. The van der Waals surface area contributed by atoms with E-state index in [2.05, 4.69) is 36.1 Å². The summed E-state index contributed by atoms with van der Waals surface area (Å²) in [4.78, 5) is 15.1. The normalized spacial score (nSPS) is 17.3. The molecule has 4 rings (SSSR count). The molecule has 1 saturated heterocycles. The molecule has 2 aromatic heterocycles. The smallest absolute Gasteiger partial charge is 0.272 e. The first kappa shape index (κ1) is 18.4. The van der Waals surface area contributed by atoms with Crippen LogP contribution < -0.4 is 0 Å². The average Bonchev–Trinajstić information content (AvgIpc) is 3.40. The highest BCUT2D eigenvalue weighted by Crippen LogP contribution is 2.34. The fourth-order valence-electron chi connectivity index (χ4n) is 3.51. The molecule has 0 N–H and O–H groups in total. The number of hydrogen-bond donors (Lipinski definition) is 0. The lowest BCUT2D eigenvalue weighted by atomic mass is 9.92. The predicted molar refractivity (Wildman–Crippen MR) is 105 cm³/mol. The summed E-state index contributed by atoms with van der Waals surface area (Å²) in [5, 5.41) is 12.9.